The van der Waals surface area contributed by atoms with E-state index in [1.54, 1.807) is 55.5 Å². The number of carbonyl (C=O) groups is 1. The molecule has 29 heavy (non-hydrogen) atoms. The van der Waals surface area contributed by atoms with Gasteiger partial charge in [-0.1, -0.05) is 35.9 Å². The molecular weight excluding hydrogens is 393 g/mol. The van der Waals surface area contributed by atoms with Gasteiger partial charge in [0.15, 0.2) is 0 Å². The first-order valence-corrected chi connectivity index (χ1v) is 9.17. The number of anilines is 1. The summed E-state index contributed by atoms with van der Waals surface area (Å²) >= 11 is 6.04. The van der Waals surface area contributed by atoms with Gasteiger partial charge in [-0.3, -0.25) is 14.2 Å². The van der Waals surface area contributed by atoms with Crippen LogP contribution in [0.2, 0.25) is 5.02 Å². The Hall–Kier alpha value is -3.51. The Labute approximate surface area is 170 Å². The van der Waals surface area contributed by atoms with Crippen LogP contribution in [-0.2, 0) is 0 Å². The van der Waals surface area contributed by atoms with Crippen LogP contribution in [0.3, 0.4) is 0 Å². The topological polar surface area (TPSA) is 64.0 Å². The molecular formula is C22H15ClFN3O2. The molecule has 1 amide bonds. The smallest absolute Gasteiger partial charge is 0.265 e. The second-order valence-electron chi connectivity index (χ2n) is 6.41. The summed E-state index contributed by atoms with van der Waals surface area (Å²) in [4.78, 5) is 29.9. The van der Waals surface area contributed by atoms with E-state index in [1.165, 1.54) is 22.8 Å². The number of hydrogen-bond donors (Lipinski definition) is 1. The van der Waals surface area contributed by atoms with Crippen molar-refractivity contribution in [2.24, 2.45) is 0 Å². The molecule has 1 N–H and O–H groups in total. The van der Waals surface area contributed by atoms with Crippen molar-refractivity contribution in [1.29, 1.82) is 0 Å². The average Bonchev–Trinajstić information content (AvgIpc) is 2.70. The number of aromatic nitrogens is 2. The molecule has 1 aromatic heterocycles. The van der Waals surface area contributed by atoms with E-state index in [4.69, 9.17) is 11.6 Å². The van der Waals surface area contributed by atoms with Gasteiger partial charge in [-0.15, -0.1) is 0 Å². The Morgan fingerprint density at radius 3 is 2.59 bits per heavy atom. The highest BCUT2D eigenvalue weighted by molar-refractivity contribution is 6.34. The van der Waals surface area contributed by atoms with Gasteiger partial charge in [0, 0.05) is 0 Å². The molecule has 5 nitrogen and oxygen atoms in total. The molecule has 3 aromatic carbocycles. The molecule has 0 radical (unpaired) electrons. The first kappa shape index (κ1) is 18.8. The second kappa shape index (κ2) is 7.48. The number of hydrogen-bond acceptors (Lipinski definition) is 3. The number of rotatable bonds is 3. The molecule has 0 aliphatic heterocycles. The number of para-hydroxylation sites is 1. The predicted molar refractivity (Wildman–Crippen MR) is 111 cm³/mol. The second-order valence-corrected chi connectivity index (χ2v) is 6.82. The van der Waals surface area contributed by atoms with Gasteiger partial charge in [0.05, 0.1) is 32.9 Å². The number of carbonyl (C=O) groups excluding carboxylic acids is 1. The molecule has 0 saturated heterocycles. The third-order valence-corrected chi connectivity index (χ3v) is 4.85. The number of benzene rings is 3. The van der Waals surface area contributed by atoms with E-state index in [-0.39, 0.29) is 21.8 Å². The highest BCUT2D eigenvalue weighted by Crippen LogP contribution is 2.22. The predicted octanol–water partition coefficient (Wildman–Crippen LogP) is 4.74. The fourth-order valence-electron chi connectivity index (χ4n) is 3.13. The Balaban J connectivity index is 1.78. The zero-order valence-electron chi connectivity index (χ0n) is 15.3. The van der Waals surface area contributed by atoms with E-state index in [0.717, 1.165) is 0 Å². The van der Waals surface area contributed by atoms with Gasteiger partial charge in [0.1, 0.15) is 11.6 Å². The lowest BCUT2D eigenvalue weighted by atomic mass is 10.2. The maximum Gasteiger partial charge on any atom is 0.265 e. The SMILES string of the molecule is Cc1nc2ccccc2c(=O)n1-c1ccc(F)c(NC(=O)c2ccccc2Cl)c1. The Kier molecular flexibility index (Phi) is 4.86. The van der Waals surface area contributed by atoms with Gasteiger partial charge in [0.25, 0.3) is 11.5 Å². The number of nitrogens with zero attached hydrogens (tertiary/aromatic N) is 2. The molecule has 0 atom stereocenters. The Bertz CT molecular complexity index is 1320. The summed E-state index contributed by atoms with van der Waals surface area (Å²) in [5, 5.41) is 3.22. The Morgan fingerprint density at radius 1 is 1.07 bits per heavy atom. The van der Waals surface area contributed by atoms with Crippen molar-refractivity contribution >= 4 is 34.1 Å². The minimum atomic E-state index is -0.631. The first-order chi connectivity index (χ1) is 14.0. The maximum absolute atomic E-state index is 14.4. The minimum absolute atomic E-state index is 0.0631. The minimum Gasteiger partial charge on any atom is -0.319 e. The molecule has 0 fully saturated rings. The van der Waals surface area contributed by atoms with Crippen molar-refractivity contribution in [3.05, 3.63) is 99.3 Å². The lowest BCUT2D eigenvalue weighted by molar-refractivity contribution is 0.102. The van der Waals surface area contributed by atoms with Crippen molar-refractivity contribution in [3.8, 4) is 5.69 Å². The molecule has 4 rings (SSSR count). The Morgan fingerprint density at radius 2 is 1.79 bits per heavy atom. The lowest BCUT2D eigenvalue weighted by Crippen LogP contribution is -2.22. The monoisotopic (exact) mass is 407 g/mol. The van der Waals surface area contributed by atoms with E-state index in [0.29, 0.717) is 22.4 Å². The van der Waals surface area contributed by atoms with Gasteiger partial charge in [-0.2, -0.15) is 0 Å². The zero-order chi connectivity index (χ0) is 20.5. The first-order valence-electron chi connectivity index (χ1n) is 8.80. The van der Waals surface area contributed by atoms with Crippen LogP contribution in [0, 0.1) is 12.7 Å². The summed E-state index contributed by atoms with van der Waals surface area (Å²) in [5.74, 6) is -0.732. The third kappa shape index (κ3) is 3.50. The van der Waals surface area contributed by atoms with E-state index in [2.05, 4.69) is 10.3 Å². The van der Waals surface area contributed by atoms with E-state index >= 15 is 0 Å². The van der Waals surface area contributed by atoms with E-state index in [9.17, 15) is 14.0 Å². The molecule has 0 bridgehead atoms. The van der Waals surface area contributed by atoms with Crippen LogP contribution >= 0.6 is 11.6 Å². The van der Waals surface area contributed by atoms with E-state index < -0.39 is 11.7 Å². The molecule has 0 spiro atoms. The van der Waals surface area contributed by atoms with Crippen LogP contribution in [-0.4, -0.2) is 15.5 Å². The number of aryl methyl sites for hydroxylation is 1. The van der Waals surface area contributed by atoms with Crippen LogP contribution in [0.15, 0.2) is 71.5 Å². The van der Waals surface area contributed by atoms with Crippen molar-refractivity contribution in [2.45, 2.75) is 6.92 Å². The van der Waals surface area contributed by atoms with E-state index in [1.807, 2.05) is 0 Å². The fourth-order valence-corrected chi connectivity index (χ4v) is 3.35. The molecule has 7 heteroatoms. The molecule has 0 aliphatic carbocycles. The van der Waals surface area contributed by atoms with Crippen molar-refractivity contribution in [3.63, 3.8) is 0 Å². The van der Waals surface area contributed by atoms with Crippen LogP contribution < -0.4 is 10.9 Å². The highest BCUT2D eigenvalue weighted by Gasteiger charge is 2.15. The van der Waals surface area contributed by atoms with Crippen molar-refractivity contribution < 1.29 is 9.18 Å². The van der Waals surface area contributed by atoms with Crippen LogP contribution in [0.5, 0.6) is 0 Å². The zero-order valence-corrected chi connectivity index (χ0v) is 16.1. The summed E-state index contributed by atoms with van der Waals surface area (Å²) in [6.07, 6.45) is 0. The molecule has 0 saturated carbocycles. The summed E-state index contributed by atoms with van der Waals surface area (Å²) < 4.78 is 15.7. The number of fused-ring (bicyclic) bond motifs is 1. The lowest BCUT2D eigenvalue weighted by Gasteiger charge is -2.13. The largest absolute Gasteiger partial charge is 0.319 e. The van der Waals surface area contributed by atoms with Gasteiger partial charge in [-0.05, 0) is 49.4 Å². The van der Waals surface area contributed by atoms with Gasteiger partial charge < -0.3 is 5.32 Å². The summed E-state index contributed by atoms with van der Waals surface area (Å²) in [7, 11) is 0. The van der Waals surface area contributed by atoms with Crippen molar-refractivity contribution in [1.82, 2.24) is 9.55 Å². The molecule has 0 unspecified atom stereocenters. The summed E-state index contributed by atoms with van der Waals surface area (Å²) in [6, 6.07) is 17.5. The van der Waals surface area contributed by atoms with Crippen LogP contribution in [0.1, 0.15) is 16.2 Å². The van der Waals surface area contributed by atoms with Gasteiger partial charge >= 0.3 is 0 Å². The van der Waals surface area contributed by atoms with Crippen molar-refractivity contribution in [2.75, 3.05) is 5.32 Å². The normalized spacial score (nSPS) is 10.9. The number of nitrogens with one attached hydrogen (secondary N) is 1. The van der Waals surface area contributed by atoms with Gasteiger partial charge in [0.2, 0.25) is 0 Å². The molecule has 4 aromatic rings. The molecule has 144 valence electrons. The molecule has 0 aliphatic rings. The quantitative estimate of drug-likeness (QED) is 0.533. The van der Waals surface area contributed by atoms with Gasteiger partial charge in [-0.25, -0.2) is 9.37 Å². The standard InChI is InChI=1S/C22H15ClFN3O2/c1-13-25-19-9-5-3-7-16(19)22(29)27(13)14-10-11-18(24)20(12-14)26-21(28)15-6-2-4-8-17(15)23/h2-12H,1H3,(H,26,28). The number of amides is 1. The van der Waals surface area contributed by atoms with Crippen LogP contribution in [0.25, 0.3) is 16.6 Å². The highest BCUT2D eigenvalue weighted by atomic mass is 35.5. The fraction of sp³-hybridized carbons (Fsp3) is 0.0455. The number of halogens is 2. The third-order valence-electron chi connectivity index (χ3n) is 4.52. The summed E-state index contributed by atoms with van der Waals surface area (Å²) in [5.41, 5.74) is 0.858. The maximum atomic E-state index is 14.4. The summed E-state index contributed by atoms with van der Waals surface area (Å²) in [6.45, 7) is 1.69. The molecule has 1 heterocycles. The van der Waals surface area contributed by atoms with Crippen LogP contribution in [0.4, 0.5) is 10.1 Å². The average molecular weight is 408 g/mol.